The van der Waals surface area contributed by atoms with E-state index in [1.165, 1.54) is 12.4 Å². The maximum Gasteiger partial charge on any atom is 0.262 e. The molecule has 10 heteroatoms. The standard InChI is InChI=1S/C19H15FN6O3/c1-10-17-16(19-23-15(29-24-19)7-11-3-2-6-28-11)22-9-25(17)14-5-4-13(20)12(8-21)18(14)26(10)27/h4-5,9,11H,2-3,6-7H2,1H3. The maximum atomic E-state index is 14.0. The molecule has 0 bridgehead atoms. The summed E-state index contributed by atoms with van der Waals surface area (Å²) >= 11 is 0. The molecule has 0 spiro atoms. The molecule has 146 valence electrons. The minimum atomic E-state index is -0.749. The largest absolute Gasteiger partial charge is 0.618 e. The van der Waals surface area contributed by atoms with E-state index in [0.717, 1.165) is 25.5 Å². The summed E-state index contributed by atoms with van der Waals surface area (Å²) in [5.74, 6) is -0.0541. The molecule has 4 aromatic rings. The number of aromatic nitrogens is 5. The van der Waals surface area contributed by atoms with Gasteiger partial charge >= 0.3 is 0 Å². The molecule has 5 rings (SSSR count). The topological polar surface area (TPSA) is 116 Å². The molecule has 1 unspecified atom stereocenters. The fraction of sp³-hybridized carbons (Fsp3) is 0.316. The molecular formula is C19H15FN6O3. The molecule has 3 aromatic heterocycles. The lowest BCUT2D eigenvalue weighted by atomic mass is 10.1. The fourth-order valence-electron chi connectivity index (χ4n) is 3.80. The summed E-state index contributed by atoms with van der Waals surface area (Å²) < 4.78 is 27.1. The first-order valence-electron chi connectivity index (χ1n) is 9.14. The number of nitriles is 1. The molecule has 1 aliphatic rings. The van der Waals surface area contributed by atoms with E-state index >= 15 is 0 Å². The van der Waals surface area contributed by atoms with Crippen molar-refractivity contribution in [2.45, 2.75) is 32.3 Å². The first kappa shape index (κ1) is 17.5. The van der Waals surface area contributed by atoms with Crippen LogP contribution in [0.2, 0.25) is 0 Å². The van der Waals surface area contributed by atoms with Gasteiger partial charge in [-0.25, -0.2) is 9.37 Å². The van der Waals surface area contributed by atoms with Crippen LogP contribution in [0.4, 0.5) is 4.39 Å². The smallest absolute Gasteiger partial charge is 0.262 e. The molecule has 1 saturated heterocycles. The predicted octanol–water partition coefficient (Wildman–Crippen LogP) is 2.21. The summed E-state index contributed by atoms with van der Waals surface area (Å²) in [4.78, 5) is 8.77. The van der Waals surface area contributed by atoms with Crippen molar-refractivity contribution >= 4 is 16.6 Å². The lowest BCUT2D eigenvalue weighted by Gasteiger charge is -2.09. The highest BCUT2D eigenvalue weighted by molar-refractivity contribution is 5.85. The van der Waals surface area contributed by atoms with Gasteiger partial charge < -0.3 is 14.5 Å². The monoisotopic (exact) mass is 394 g/mol. The van der Waals surface area contributed by atoms with Crippen molar-refractivity contribution in [3.63, 3.8) is 0 Å². The van der Waals surface area contributed by atoms with E-state index in [0.29, 0.717) is 33.8 Å². The Balaban J connectivity index is 1.67. The molecular weight excluding hydrogens is 379 g/mol. The average Bonchev–Trinajstić information content (AvgIpc) is 3.46. The zero-order chi connectivity index (χ0) is 20.1. The Kier molecular flexibility index (Phi) is 3.92. The Morgan fingerprint density at radius 1 is 1.45 bits per heavy atom. The Morgan fingerprint density at radius 3 is 3.07 bits per heavy atom. The Labute approximate surface area is 163 Å². The number of aryl methyl sites for hydroxylation is 1. The zero-order valence-corrected chi connectivity index (χ0v) is 15.4. The molecule has 9 nitrogen and oxygen atoms in total. The summed E-state index contributed by atoms with van der Waals surface area (Å²) in [6.45, 7) is 2.31. The van der Waals surface area contributed by atoms with Crippen molar-refractivity contribution in [1.82, 2.24) is 19.5 Å². The van der Waals surface area contributed by atoms with E-state index in [4.69, 9.17) is 9.26 Å². The van der Waals surface area contributed by atoms with E-state index in [1.807, 2.05) is 0 Å². The summed E-state index contributed by atoms with van der Waals surface area (Å²) in [6, 6.07) is 4.36. The lowest BCUT2D eigenvalue weighted by molar-refractivity contribution is -0.583. The van der Waals surface area contributed by atoms with Gasteiger partial charge in [0.1, 0.15) is 34.9 Å². The van der Waals surface area contributed by atoms with Crippen molar-refractivity contribution in [2.24, 2.45) is 0 Å². The van der Waals surface area contributed by atoms with Crippen molar-refractivity contribution in [3.8, 4) is 17.6 Å². The van der Waals surface area contributed by atoms with Crippen LogP contribution in [-0.2, 0) is 11.2 Å². The molecule has 1 atom stereocenters. The van der Waals surface area contributed by atoms with Crippen LogP contribution in [0.1, 0.15) is 30.0 Å². The van der Waals surface area contributed by atoms with Gasteiger partial charge in [-0.05, 0) is 25.0 Å². The molecule has 0 radical (unpaired) electrons. The molecule has 1 aliphatic heterocycles. The number of imidazole rings is 1. The van der Waals surface area contributed by atoms with Crippen LogP contribution in [0.15, 0.2) is 23.0 Å². The first-order valence-corrected chi connectivity index (χ1v) is 9.14. The Bertz CT molecular complexity index is 1300. The normalized spacial score (nSPS) is 16.7. The highest BCUT2D eigenvalue weighted by Crippen LogP contribution is 2.28. The van der Waals surface area contributed by atoms with Crippen molar-refractivity contribution < 1.29 is 18.4 Å². The van der Waals surface area contributed by atoms with Crippen molar-refractivity contribution in [1.29, 1.82) is 5.26 Å². The van der Waals surface area contributed by atoms with E-state index in [9.17, 15) is 14.9 Å². The fourth-order valence-corrected chi connectivity index (χ4v) is 3.80. The second-order valence-electron chi connectivity index (χ2n) is 6.94. The predicted molar refractivity (Wildman–Crippen MR) is 97.0 cm³/mol. The van der Waals surface area contributed by atoms with Gasteiger partial charge in [-0.3, -0.25) is 4.40 Å². The maximum absolute atomic E-state index is 14.0. The van der Waals surface area contributed by atoms with Crippen LogP contribution >= 0.6 is 0 Å². The number of rotatable bonds is 3. The summed E-state index contributed by atoms with van der Waals surface area (Å²) in [7, 11) is 0. The second-order valence-corrected chi connectivity index (χ2v) is 6.94. The molecule has 4 heterocycles. The number of hydrogen-bond acceptors (Lipinski definition) is 7. The van der Waals surface area contributed by atoms with Crippen LogP contribution in [0.3, 0.4) is 0 Å². The minimum Gasteiger partial charge on any atom is -0.618 e. The molecule has 0 saturated carbocycles. The van der Waals surface area contributed by atoms with Crippen molar-refractivity contribution in [3.05, 3.63) is 46.6 Å². The highest BCUT2D eigenvalue weighted by atomic mass is 19.1. The van der Waals surface area contributed by atoms with Gasteiger partial charge in [-0.2, -0.15) is 15.0 Å². The molecule has 0 aliphatic carbocycles. The number of ether oxygens (including phenoxy) is 1. The van der Waals surface area contributed by atoms with Gasteiger partial charge in [0, 0.05) is 13.5 Å². The van der Waals surface area contributed by atoms with Crippen LogP contribution in [-0.4, -0.2) is 32.2 Å². The number of halogens is 1. The highest BCUT2D eigenvalue weighted by Gasteiger charge is 2.27. The molecule has 1 aromatic carbocycles. The third-order valence-corrected chi connectivity index (χ3v) is 5.20. The number of nitrogens with zero attached hydrogens (tertiary/aromatic N) is 6. The SMILES string of the molecule is Cc1c2c(-c3noc(CC4CCCO4)n3)ncn2c2ccc(F)c(C#N)c2[n+]1[O-]. The van der Waals surface area contributed by atoms with Crippen molar-refractivity contribution in [2.75, 3.05) is 6.61 Å². The zero-order valence-electron chi connectivity index (χ0n) is 15.4. The van der Waals surface area contributed by atoms with E-state index in [-0.39, 0.29) is 28.7 Å². The average molecular weight is 394 g/mol. The van der Waals surface area contributed by atoms with Gasteiger partial charge in [0.05, 0.1) is 12.5 Å². The van der Waals surface area contributed by atoms with E-state index in [1.54, 1.807) is 17.4 Å². The van der Waals surface area contributed by atoms with E-state index in [2.05, 4.69) is 15.1 Å². The number of hydrogen-bond donors (Lipinski definition) is 0. The Morgan fingerprint density at radius 2 is 2.31 bits per heavy atom. The third kappa shape index (κ3) is 2.62. The number of fused-ring (bicyclic) bond motifs is 3. The van der Waals surface area contributed by atoms with Gasteiger partial charge in [0.15, 0.2) is 5.56 Å². The van der Waals surface area contributed by atoms with Crippen LogP contribution in [0, 0.1) is 29.3 Å². The van der Waals surface area contributed by atoms with Gasteiger partial charge in [0.25, 0.3) is 5.52 Å². The summed E-state index contributed by atoms with van der Waals surface area (Å²) in [5.41, 5.74) is 1.09. The number of benzene rings is 1. The Hall–Kier alpha value is -3.58. The molecule has 0 N–H and O–H groups in total. The summed E-state index contributed by atoms with van der Waals surface area (Å²) in [6.07, 6.45) is 4.04. The van der Waals surface area contributed by atoms with Crippen LogP contribution < -0.4 is 4.73 Å². The molecule has 0 amide bonds. The molecule has 1 fully saturated rings. The third-order valence-electron chi connectivity index (χ3n) is 5.20. The van der Waals surface area contributed by atoms with Gasteiger partial charge in [-0.15, -0.1) is 0 Å². The van der Waals surface area contributed by atoms with Crippen LogP contribution in [0.5, 0.6) is 0 Å². The second kappa shape index (κ2) is 6.49. The quantitative estimate of drug-likeness (QED) is 0.386. The first-order chi connectivity index (χ1) is 14.1. The molecule has 29 heavy (non-hydrogen) atoms. The minimum absolute atomic E-state index is 0.0476. The lowest BCUT2D eigenvalue weighted by Crippen LogP contribution is -2.33. The van der Waals surface area contributed by atoms with Gasteiger partial charge in [-0.1, -0.05) is 5.16 Å². The summed E-state index contributed by atoms with van der Waals surface area (Å²) in [5, 5.41) is 26.2. The van der Waals surface area contributed by atoms with Crippen LogP contribution in [0.25, 0.3) is 28.1 Å². The van der Waals surface area contributed by atoms with E-state index < -0.39 is 5.82 Å². The van der Waals surface area contributed by atoms with Gasteiger partial charge in [0.2, 0.25) is 17.4 Å².